The van der Waals surface area contributed by atoms with Gasteiger partial charge in [-0.15, -0.1) is 0 Å². The first kappa shape index (κ1) is 15.3. The van der Waals surface area contributed by atoms with Crippen LogP contribution in [0.25, 0.3) is 0 Å². The lowest BCUT2D eigenvalue weighted by Crippen LogP contribution is -2.42. The molecule has 1 saturated heterocycles. The number of aliphatic imine (C=N–C) groups is 1. The van der Waals surface area contributed by atoms with Crippen LogP contribution in [0.5, 0.6) is 0 Å². The van der Waals surface area contributed by atoms with Crippen molar-refractivity contribution in [1.82, 2.24) is 10.2 Å². The Morgan fingerprint density at radius 1 is 1.50 bits per heavy atom. The van der Waals surface area contributed by atoms with Crippen LogP contribution in [0, 0.1) is 5.41 Å². The highest BCUT2D eigenvalue weighted by Gasteiger charge is 2.33. The lowest BCUT2D eigenvalue weighted by atomic mass is 9.87. The number of nitrogens with one attached hydrogen (secondary N) is 1. The van der Waals surface area contributed by atoms with Crippen LogP contribution in [0.4, 0.5) is 0 Å². The number of guanidine groups is 1. The maximum Gasteiger partial charge on any atom is 0.193 e. The Morgan fingerprint density at radius 3 is 2.61 bits per heavy atom. The molecule has 6 heteroatoms. The normalized spacial score (nSPS) is 25.6. The second-order valence-corrected chi connectivity index (χ2v) is 7.70. The number of rotatable bonds is 4. The largest absolute Gasteiger partial charge is 0.355 e. The maximum absolute atomic E-state index is 11.1. The summed E-state index contributed by atoms with van der Waals surface area (Å²) in [6.07, 6.45) is 3.57. The molecule has 0 radical (unpaired) electrons. The quantitative estimate of drug-likeness (QED) is 0.607. The van der Waals surface area contributed by atoms with E-state index in [4.69, 9.17) is 0 Å². The Kier molecular flexibility index (Phi) is 5.01. The molecule has 1 N–H and O–H groups in total. The average molecular weight is 275 g/mol. The first-order chi connectivity index (χ1) is 8.29. The minimum absolute atomic E-state index is 0.144. The maximum atomic E-state index is 11.1. The van der Waals surface area contributed by atoms with E-state index >= 15 is 0 Å². The van der Waals surface area contributed by atoms with Gasteiger partial charge in [-0.1, -0.05) is 13.8 Å². The fraction of sp³-hybridized carbons (Fsp3) is 0.917. The molecule has 0 spiro atoms. The van der Waals surface area contributed by atoms with Crippen molar-refractivity contribution in [3.8, 4) is 0 Å². The van der Waals surface area contributed by atoms with Gasteiger partial charge in [0.15, 0.2) is 5.96 Å². The molecule has 18 heavy (non-hydrogen) atoms. The van der Waals surface area contributed by atoms with Crippen LogP contribution in [0.2, 0.25) is 0 Å². The third-order valence-electron chi connectivity index (χ3n) is 3.68. The molecule has 1 aliphatic heterocycles. The van der Waals surface area contributed by atoms with Crippen molar-refractivity contribution in [2.24, 2.45) is 10.4 Å². The highest BCUT2D eigenvalue weighted by molar-refractivity contribution is 7.90. The molecule has 0 aromatic carbocycles. The summed E-state index contributed by atoms with van der Waals surface area (Å²) in [5.41, 5.74) is 0.356. The van der Waals surface area contributed by atoms with Gasteiger partial charge < -0.3 is 10.2 Å². The van der Waals surface area contributed by atoms with Crippen LogP contribution >= 0.6 is 0 Å². The molecule has 1 aliphatic rings. The van der Waals surface area contributed by atoms with Gasteiger partial charge in [0.2, 0.25) is 0 Å². The molecule has 106 valence electrons. The van der Waals surface area contributed by atoms with Gasteiger partial charge in [-0.05, 0) is 18.3 Å². The van der Waals surface area contributed by atoms with Gasteiger partial charge in [0.05, 0.1) is 5.75 Å². The van der Waals surface area contributed by atoms with E-state index in [1.165, 1.54) is 6.26 Å². The molecule has 1 unspecified atom stereocenters. The molecule has 1 heterocycles. The highest BCUT2D eigenvalue weighted by atomic mass is 32.2. The summed E-state index contributed by atoms with van der Waals surface area (Å²) < 4.78 is 22.2. The molecular weight excluding hydrogens is 250 g/mol. The Morgan fingerprint density at radius 2 is 2.17 bits per heavy atom. The van der Waals surface area contributed by atoms with Crippen molar-refractivity contribution in [3.63, 3.8) is 0 Å². The molecule has 1 rings (SSSR count). The van der Waals surface area contributed by atoms with Crippen molar-refractivity contribution in [3.05, 3.63) is 0 Å². The van der Waals surface area contributed by atoms with Gasteiger partial charge in [0.25, 0.3) is 0 Å². The van der Waals surface area contributed by atoms with Crippen molar-refractivity contribution < 1.29 is 8.42 Å². The second kappa shape index (κ2) is 5.91. The molecule has 0 saturated carbocycles. The highest BCUT2D eigenvalue weighted by Crippen LogP contribution is 2.32. The van der Waals surface area contributed by atoms with E-state index in [9.17, 15) is 8.42 Å². The van der Waals surface area contributed by atoms with Gasteiger partial charge in [0.1, 0.15) is 9.84 Å². The average Bonchev–Trinajstić information content (AvgIpc) is 2.67. The van der Waals surface area contributed by atoms with E-state index < -0.39 is 9.84 Å². The first-order valence-electron chi connectivity index (χ1n) is 6.43. The zero-order chi connectivity index (χ0) is 13.8. The summed E-state index contributed by atoms with van der Waals surface area (Å²) >= 11 is 0. The zero-order valence-electron chi connectivity index (χ0n) is 11.9. The SMILES string of the molecule is CCC1(C)CCN(C(=NC)NCCS(C)(=O)=O)C1. The van der Waals surface area contributed by atoms with Crippen LogP contribution in [0.15, 0.2) is 4.99 Å². The lowest BCUT2D eigenvalue weighted by molar-refractivity contribution is 0.322. The van der Waals surface area contributed by atoms with Crippen LogP contribution in [0.3, 0.4) is 0 Å². The number of nitrogens with zero attached hydrogens (tertiary/aromatic N) is 2. The van der Waals surface area contributed by atoms with E-state index in [2.05, 4.69) is 29.1 Å². The van der Waals surface area contributed by atoms with E-state index in [1.807, 2.05) is 0 Å². The smallest absolute Gasteiger partial charge is 0.193 e. The Balaban J connectivity index is 2.49. The molecule has 5 nitrogen and oxygen atoms in total. The minimum Gasteiger partial charge on any atom is -0.355 e. The van der Waals surface area contributed by atoms with Crippen LogP contribution in [-0.2, 0) is 9.84 Å². The van der Waals surface area contributed by atoms with Crippen molar-refractivity contribution >= 4 is 15.8 Å². The summed E-state index contributed by atoms with van der Waals surface area (Å²) in [5.74, 6) is 0.959. The van der Waals surface area contributed by atoms with Gasteiger partial charge in [-0.3, -0.25) is 4.99 Å². The molecule has 1 fully saturated rings. The van der Waals surface area contributed by atoms with E-state index in [1.54, 1.807) is 7.05 Å². The summed E-state index contributed by atoms with van der Waals surface area (Å²) in [5, 5.41) is 3.13. The molecule has 0 aliphatic carbocycles. The summed E-state index contributed by atoms with van der Waals surface area (Å²) in [7, 11) is -1.17. The van der Waals surface area contributed by atoms with E-state index in [0.29, 0.717) is 12.0 Å². The van der Waals surface area contributed by atoms with Crippen molar-refractivity contribution in [1.29, 1.82) is 0 Å². The van der Waals surface area contributed by atoms with E-state index in [-0.39, 0.29) is 5.75 Å². The predicted octanol–water partition coefficient (Wildman–Crippen LogP) is 0.728. The standard InChI is InChI=1S/C12H25N3O2S/c1-5-12(2)6-8-15(10-12)11(13-3)14-7-9-18(4,16)17/h5-10H2,1-4H3,(H,13,14). The van der Waals surface area contributed by atoms with Crippen molar-refractivity contribution in [2.45, 2.75) is 26.7 Å². The predicted molar refractivity (Wildman–Crippen MR) is 75.7 cm³/mol. The molecule has 0 aromatic rings. The minimum atomic E-state index is -2.92. The number of hydrogen-bond donors (Lipinski definition) is 1. The molecular formula is C12H25N3O2S. The number of hydrogen-bond acceptors (Lipinski definition) is 3. The second-order valence-electron chi connectivity index (χ2n) is 5.44. The third-order valence-corrected chi connectivity index (χ3v) is 4.62. The third kappa shape index (κ3) is 4.48. The molecule has 1 atom stereocenters. The van der Waals surface area contributed by atoms with Crippen LogP contribution in [-0.4, -0.2) is 58.0 Å². The monoisotopic (exact) mass is 275 g/mol. The molecule has 0 amide bonds. The van der Waals surface area contributed by atoms with Crippen LogP contribution in [0.1, 0.15) is 26.7 Å². The Hall–Kier alpha value is -0.780. The fourth-order valence-electron chi connectivity index (χ4n) is 2.17. The molecule has 0 aromatic heterocycles. The molecule has 0 bridgehead atoms. The van der Waals surface area contributed by atoms with Gasteiger partial charge in [-0.25, -0.2) is 8.42 Å². The number of sulfone groups is 1. The van der Waals surface area contributed by atoms with Crippen molar-refractivity contribution in [2.75, 3.05) is 38.7 Å². The first-order valence-corrected chi connectivity index (χ1v) is 8.49. The Labute approximate surface area is 111 Å². The summed E-state index contributed by atoms with van der Waals surface area (Å²) in [4.78, 5) is 6.44. The zero-order valence-corrected chi connectivity index (χ0v) is 12.7. The summed E-state index contributed by atoms with van der Waals surface area (Å²) in [6.45, 7) is 6.90. The number of likely N-dealkylation sites (tertiary alicyclic amines) is 1. The van der Waals surface area contributed by atoms with E-state index in [0.717, 1.165) is 31.9 Å². The lowest BCUT2D eigenvalue weighted by Gasteiger charge is -2.25. The van der Waals surface area contributed by atoms with Gasteiger partial charge >= 0.3 is 0 Å². The van der Waals surface area contributed by atoms with Gasteiger partial charge in [-0.2, -0.15) is 0 Å². The van der Waals surface area contributed by atoms with Gasteiger partial charge in [0, 0.05) is 32.9 Å². The fourth-order valence-corrected chi connectivity index (χ4v) is 2.65. The Bertz CT molecular complexity index is 406. The van der Waals surface area contributed by atoms with Crippen LogP contribution < -0.4 is 5.32 Å². The summed E-state index contributed by atoms with van der Waals surface area (Å²) in [6, 6.07) is 0. The topological polar surface area (TPSA) is 61.8 Å².